The number of rotatable bonds is 7. The SMILES string of the molecule is CCc1nnc(C(C)N(C)CC(O)CN2CCOCC2)o1. The number of aryl methyl sites for hydroxylation is 1. The van der Waals surface area contributed by atoms with Crippen LogP contribution in [0.4, 0.5) is 0 Å². The molecule has 1 saturated heterocycles. The van der Waals surface area contributed by atoms with Crippen molar-refractivity contribution in [3.63, 3.8) is 0 Å². The van der Waals surface area contributed by atoms with Crippen LogP contribution in [0.5, 0.6) is 0 Å². The number of β-amino-alcohol motifs (C(OH)–C–C–N with tert-alkyl or cyclic N) is 1. The normalized spacial score (nSPS) is 19.9. The maximum Gasteiger partial charge on any atom is 0.233 e. The molecule has 1 aromatic heterocycles. The summed E-state index contributed by atoms with van der Waals surface area (Å²) in [5, 5.41) is 18.3. The van der Waals surface area contributed by atoms with E-state index in [4.69, 9.17) is 9.15 Å². The molecule has 0 radical (unpaired) electrons. The monoisotopic (exact) mass is 298 g/mol. The van der Waals surface area contributed by atoms with Crippen molar-refractivity contribution in [2.75, 3.05) is 46.4 Å². The molecule has 7 nitrogen and oxygen atoms in total. The Bertz CT molecular complexity index is 420. The molecular formula is C14H26N4O3. The van der Waals surface area contributed by atoms with Crippen LogP contribution in [0.1, 0.15) is 31.7 Å². The summed E-state index contributed by atoms with van der Waals surface area (Å²) in [5.74, 6) is 1.26. The Morgan fingerprint density at radius 2 is 2.05 bits per heavy atom. The largest absolute Gasteiger partial charge is 0.424 e. The molecule has 0 amide bonds. The van der Waals surface area contributed by atoms with Gasteiger partial charge in [0.05, 0.1) is 25.4 Å². The van der Waals surface area contributed by atoms with Gasteiger partial charge < -0.3 is 14.3 Å². The van der Waals surface area contributed by atoms with Crippen molar-refractivity contribution in [1.82, 2.24) is 20.0 Å². The second kappa shape index (κ2) is 7.84. The van der Waals surface area contributed by atoms with Gasteiger partial charge in [-0.3, -0.25) is 9.80 Å². The van der Waals surface area contributed by atoms with Gasteiger partial charge in [-0.1, -0.05) is 6.92 Å². The quantitative estimate of drug-likeness (QED) is 0.777. The Balaban J connectivity index is 1.80. The molecular weight excluding hydrogens is 272 g/mol. The number of hydrogen-bond acceptors (Lipinski definition) is 7. The molecule has 1 aromatic rings. The second-order valence-corrected chi connectivity index (χ2v) is 5.57. The molecule has 0 spiro atoms. The van der Waals surface area contributed by atoms with E-state index in [2.05, 4.69) is 15.1 Å². The Morgan fingerprint density at radius 3 is 2.67 bits per heavy atom. The van der Waals surface area contributed by atoms with Crippen molar-refractivity contribution in [2.45, 2.75) is 32.4 Å². The molecule has 2 unspecified atom stereocenters. The van der Waals surface area contributed by atoms with Gasteiger partial charge in [0, 0.05) is 32.6 Å². The van der Waals surface area contributed by atoms with Crippen LogP contribution in [0, 0.1) is 0 Å². The number of hydrogen-bond donors (Lipinski definition) is 1. The Labute approximate surface area is 125 Å². The first-order chi connectivity index (χ1) is 10.1. The van der Waals surface area contributed by atoms with E-state index in [1.807, 2.05) is 25.8 Å². The summed E-state index contributed by atoms with van der Waals surface area (Å²) in [5.41, 5.74) is 0. The van der Waals surface area contributed by atoms with Crippen molar-refractivity contribution >= 4 is 0 Å². The molecule has 120 valence electrons. The summed E-state index contributed by atoms with van der Waals surface area (Å²) in [6.45, 7) is 8.51. The molecule has 0 saturated carbocycles. The van der Waals surface area contributed by atoms with Gasteiger partial charge >= 0.3 is 0 Å². The van der Waals surface area contributed by atoms with Crippen molar-refractivity contribution in [1.29, 1.82) is 0 Å². The first-order valence-electron chi connectivity index (χ1n) is 7.60. The lowest BCUT2D eigenvalue weighted by atomic mass is 10.2. The van der Waals surface area contributed by atoms with Crippen LogP contribution in [-0.4, -0.2) is 77.6 Å². The third-order valence-electron chi connectivity index (χ3n) is 3.87. The molecule has 1 fully saturated rings. The van der Waals surface area contributed by atoms with E-state index >= 15 is 0 Å². The molecule has 7 heteroatoms. The summed E-state index contributed by atoms with van der Waals surface area (Å²) in [6, 6.07) is -0.00265. The van der Waals surface area contributed by atoms with Gasteiger partial charge in [0.1, 0.15) is 0 Å². The van der Waals surface area contributed by atoms with Crippen LogP contribution in [0.3, 0.4) is 0 Å². The number of aromatic nitrogens is 2. The Kier molecular flexibility index (Phi) is 6.10. The first kappa shape index (κ1) is 16.4. The summed E-state index contributed by atoms with van der Waals surface area (Å²) in [6.07, 6.45) is 0.340. The Morgan fingerprint density at radius 1 is 1.33 bits per heavy atom. The molecule has 0 bridgehead atoms. The van der Waals surface area contributed by atoms with E-state index in [1.165, 1.54) is 0 Å². The van der Waals surface area contributed by atoms with E-state index in [9.17, 15) is 5.11 Å². The van der Waals surface area contributed by atoms with Gasteiger partial charge in [0.15, 0.2) is 0 Å². The predicted molar refractivity (Wildman–Crippen MR) is 78.0 cm³/mol. The van der Waals surface area contributed by atoms with E-state index in [1.54, 1.807) is 0 Å². The standard InChI is InChI=1S/C14H26N4O3/c1-4-13-15-16-14(21-13)11(2)17(3)9-12(19)10-18-5-7-20-8-6-18/h11-12,19H,4-10H2,1-3H3. The van der Waals surface area contributed by atoms with Crippen LogP contribution in [-0.2, 0) is 11.2 Å². The molecule has 2 heterocycles. The number of nitrogens with zero attached hydrogens (tertiary/aromatic N) is 4. The minimum Gasteiger partial charge on any atom is -0.424 e. The van der Waals surface area contributed by atoms with Crippen molar-refractivity contribution in [3.8, 4) is 0 Å². The second-order valence-electron chi connectivity index (χ2n) is 5.57. The van der Waals surface area contributed by atoms with Gasteiger partial charge in [0.25, 0.3) is 0 Å². The van der Waals surface area contributed by atoms with Gasteiger partial charge in [-0.25, -0.2) is 0 Å². The molecule has 1 N–H and O–H groups in total. The summed E-state index contributed by atoms with van der Waals surface area (Å²) in [7, 11) is 1.96. The summed E-state index contributed by atoms with van der Waals surface area (Å²) < 4.78 is 10.9. The molecule has 0 aliphatic carbocycles. The zero-order valence-electron chi connectivity index (χ0n) is 13.2. The van der Waals surface area contributed by atoms with E-state index < -0.39 is 6.10 Å². The average molecular weight is 298 g/mol. The zero-order chi connectivity index (χ0) is 15.2. The lowest BCUT2D eigenvalue weighted by Gasteiger charge is -2.31. The molecule has 2 atom stereocenters. The van der Waals surface area contributed by atoms with Crippen LogP contribution >= 0.6 is 0 Å². The average Bonchev–Trinajstić information content (AvgIpc) is 2.96. The number of morpholine rings is 1. The van der Waals surface area contributed by atoms with Crippen molar-refractivity contribution < 1.29 is 14.3 Å². The topological polar surface area (TPSA) is 74.9 Å². The van der Waals surface area contributed by atoms with Gasteiger partial charge in [0.2, 0.25) is 11.8 Å². The number of likely N-dealkylation sites (N-methyl/N-ethyl adjacent to an activating group) is 1. The van der Waals surface area contributed by atoms with E-state index in [0.717, 1.165) is 32.7 Å². The smallest absolute Gasteiger partial charge is 0.233 e. The highest BCUT2D eigenvalue weighted by atomic mass is 16.5. The highest BCUT2D eigenvalue weighted by Gasteiger charge is 2.22. The van der Waals surface area contributed by atoms with Crippen LogP contribution in [0.15, 0.2) is 4.42 Å². The fraction of sp³-hybridized carbons (Fsp3) is 0.857. The minimum atomic E-state index is -0.399. The van der Waals surface area contributed by atoms with Crippen molar-refractivity contribution in [3.05, 3.63) is 11.8 Å². The van der Waals surface area contributed by atoms with Gasteiger partial charge in [-0.2, -0.15) is 0 Å². The lowest BCUT2D eigenvalue weighted by Crippen LogP contribution is -2.44. The van der Waals surface area contributed by atoms with Crippen LogP contribution in [0.2, 0.25) is 0 Å². The number of ether oxygens (including phenoxy) is 1. The lowest BCUT2D eigenvalue weighted by molar-refractivity contribution is 0.00542. The number of aliphatic hydroxyl groups excluding tert-OH is 1. The molecule has 1 aliphatic heterocycles. The molecule has 2 rings (SSSR count). The van der Waals surface area contributed by atoms with Gasteiger partial charge in [-0.15, -0.1) is 10.2 Å². The Hall–Kier alpha value is -1.02. The fourth-order valence-electron chi connectivity index (χ4n) is 2.40. The highest BCUT2D eigenvalue weighted by molar-refractivity contribution is 4.89. The summed E-state index contributed by atoms with van der Waals surface area (Å²) in [4.78, 5) is 4.27. The minimum absolute atomic E-state index is 0.00265. The fourth-order valence-corrected chi connectivity index (χ4v) is 2.40. The zero-order valence-corrected chi connectivity index (χ0v) is 13.2. The van der Waals surface area contributed by atoms with Gasteiger partial charge in [-0.05, 0) is 14.0 Å². The maximum atomic E-state index is 10.2. The third kappa shape index (κ3) is 4.74. The van der Waals surface area contributed by atoms with Crippen LogP contribution < -0.4 is 0 Å². The molecule has 0 aromatic carbocycles. The predicted octanol–water partition coefficient (Wildman–Crippen LogP) is 0.318. The maximum absolute atomic E-state index is 10.2. The van der Waals surface area contributed by atoms with Crippen molar-refractivity contribution in [2.24, 2.45) is 0 Å². The molecule has 1 aliphatic rings. The highest BCUT2D eigenvalue weighted by Crippen LogP contribution is 2.17. The number of aliphatic hydroxyl groups is 1. The van der Waals surface area contributed by atoms with E-state index in [-0.39, 0.29) is 6.04 Å². The summed E-state index contributed by atoms with van der Waals surface area (Å²) >= 11 is 0. The van der Waals surface area contributed by atoms with E-state index in [0.29, 0.717) is 24.9 Å². The van der Waals surface area contributed by atoms with Crippen LogP contribution in [0.25, 0.3) is 0 Å². The molecule has 21 heavy (non-hydrogen) atoms. The third-order valence-corrected chi connectivity index (χ3v) is 3.87. The first-order valence-corrected chi connectivity index (χ1v) is 7.60.